The number of phenols is 2. The fraction of sp³-hybridized carbons (Fsp3) is 0. The van der Waals surface area contributed by atoms with Gasteiger partial charge in [-0.05, 0) is 0 Å². The summed E-state index contributed by atoms with van der Waals surface area (Å²) in [7, 11) is -4.69. The van der Waals surface area contributed by atoms with E-state index in [0.717, 1.165) is 6.07 Å². The summed E-state index contributed by atoms with van der Waals surface area (Å²) in [5.41, 5.74) is 0. The van der Waals surface area contributed by atoms with Gasteiger partial charge in [-0.3, -0.25) is 0 Å². The number of hydrogen-bond acceptors (Lipinski definition) is 5. The smallest absolute Gasteiger partial charge is 0.744 e. The van der Waals surface area contributed by atoms with E-state index in [1.165, 1.54) is 18.2 Å². The zero-order chi connectivity index (χ0) is 11.9. The molecule has 0 aliphatic heterocycles. The third-order valence-corrected chi connectivity index (χ3v) is 3.10. The van der Waals surface area contributed by atoms with Gasteiger partial charge in [-0.1, -0.05) is 24.3 Å². The van der Waals surface area contributed by atoms with Gasteiger partial charge in [0.25, 0.3) is 0 Å². The topological polar surface area (TPSA) is 97.7 Å². The van der Waals surface area contributed by atoms with Crippen molar-refractivity contribution in [2.75, 3.05) is 0 Å². The Morgan fingerprint density at radius 3 is 2.12 bits per heavy atom. The summed E-state index contributed by atoms with van der Waals surface area (Å²) < 4.78 is 32.9. The Bertz CT molecular complexity index is 666. The minimum atomic E-state index is -4.69. The molecular formula is C10H7KO5S. The summed E-state index contributed by atoms with van der Waals surface area (Å²) in [6, 6.07) is 6.65. The summed E-state index contributed by atoms with van der Waals surface area (Å²) in [6.07, 6.45) is 0. The van der Waals surface area contributed by atoms with Gasteiger partial charge < -0.3 is 14.8 Å². The first-order valence-electron chi connectivity index (χ1n) is 4.31. The van der Waals surface area contributed by atoms with Crippen LogP contribution in [0.2, 0.25) is 0 Å². The Kier molecular flexibility index (Phi) is 4.58. The van der Waals surface area contributed by atoms with Crippen LogP contribution >= 0.6 is 0 Å². The molecule has 0 saturated carbocycles. The average Bonchev–Trinajstić information content (AvgIpc) is 2.22. The molecule has 0 bridgehead atoms. The van der Waals surface area contributed by atoms with Crippen LogP contribution in [0.15, 0.2) is 35.2 Å². The van der Waals surface area contributed by atoms with Crippen molar-refractivity contribution in [1.82, 2.24) is 0 Å². The number of phenolic OH excluding ortho intramolecular Hbond substituents is 2. The Labute approximate surface area is 140 Å². The van der Waals surface area contributed by atoms with Crippen LogP contribution in [0.4, 0.5) is 0 Å². The molecule has 2 N–H and O–H groups in total. The van der Waals surface area contributed by atoms with Gasteiger partial charge in [0.2, 0.25) is 0 Å². The number of fused-ring (bicyclic) bond motifs is 1. The van der Waals surface area contributed by atoms with Crippen LogP contribution < -0.4 is 51.4 Å². The van der Waals surface area contributed by atoms with Crippen molar-refractivity contribution >= 4 is 20.9 Å². The summed E-state index contributed by atoms with van der Waals surface area (Å²) >= 11 is 0. The SMILES string of the molecule is O=S(=O)([O-])c1cc(O)c(O)c2ccccc12.[K+]. The molecule has 0 unspecified atom stereocenters. The fourth-order valence-corrected chi connectivity index (χ4v) is 2.22. The third kappa shape index (κ3) is 2.82. The number of rotatable bonds is 1. The molecule has 0 amide bonds. The molecule has 2 rings (SSSR count). The Morgan fingerprint density at radius 1 is 1.06 bits per heavy atom. The maximum atomic E-state index is 11.0. The van der Waals surface area contributed by atoms with Crippen LogP contribution in [0.25, 0.3) is 10.8 Å². The van der Waals surface area contributed by atoms with Gasteiger partial charge >= 0.3 is 51.4 Å². The quantitative estimate of drug-likeness (QED) is 0.363. The normalized spacial score (nSPS) is 11.1. The first-order valence-corrected chi connectivity index (χ1v) is 5.71. The Hall–Kier alpha value is -0.154. The van der Waals surface area contributed by atoms with Gasteiger partial charge in [0.1, 0.15) is 10.1 Å². The summed E-state index contributed by atoms with van der Waals surface area (Å²) in [4.78, 5) is -0.543. The standard InChI is InChI=1S/C10H8O5S.K/c11-8-5-9(16(13,14)15)6-3-1-2-4-7(6)10(8)12;/h1-5,11-12H,(H,13,14,15);/q;+1/p-1. The molecule has 0 atom stereocenters. The Balaban J connectivity index is 0.00000144. The van der Waals surface area contributed by atoms with E-state index in [4.69, 9.17) is 0 Å². The van der Waals surface area contributed by atoms with Crippen LogP contribution in [-0.2, 0) is 10.1 Å². The van der Waals surface area contributed by atoms with Crippen molar-refractivity contribution in [3.63, 3.8) is 0 Å². The number of benzene rings is 2. The predicted molar refractivity (Wildman–Crippen MR) is 55.2 cm³/mol. The first kappa shape index (κ1) is 14.9. The zero-order valence-corrected chi connectivity index (χ0v) is 12.9. The van der Waals surface area contributed by atoms with Crippen LogP contribution in [0, 0.1) is 0 Å². The minimum absolute atomic E-state index is 0. The van der Waals surface area contributed by atoms with Gasteiger partial charge in [-0.25, -0.2) is 8.42 Å². The molecule has 7 heteroatoms. The van der Waals surface area contributed by atoms with Crippen molar-refractivity contribution < 1.29 is 74.6 Å². The molecule has 84 valence electrons. The third-order valence-electron chi connectivity index (χ3n) is 2.23. The van der Waals surface area contributed by atoms with E-state index in [-0.39, 0.29) is 62.2 Å². The van der Waals surface area contributed by atoms with E-state index < -0.39 is 26.5 Å². The predicted octanol–water partition coefficient (Wildman–Crippen LogP) is -1.84. The molecule has 0 aromatic heterocycles. The van der Waals surface area contributed by atoms with Crippen LogP contribution in [0.3, 0.4) is 0 Å². The molecule has 0 aliphatic carbocycles. The second-order valence-electron chi connectivity index (χ2n) is 3.24. The van der Waals surface area contributed by atoms with Crippen LogP contribution in [0.1, 0.15) is 0 Å². The van der Waals surface area contributed by atoms with Crippen molar-refractivity contribution in [2.24, 2.45) is 0 Å². The second-order valence-corrected chi connectivity index (χ2v) is 4.59. The maximum Gasteiger partial charge on any atom is 1.00 e. The average molecular weight is 278 g/mol. The van der Waals surface area contributed by atoms with Crippen molar-refractivity contribution in [3.05, 3.63) is 30.3 Å². The summed E-state index contributed by atoms with van der Waals surface area (Å²) in [5.74, 6) is -1.07. The van der Waals surface area contributed by atoms with Gasteiger partial charge in [0.15, 0.2) is 11.5 Å². The van der Waals surface area contributed by atoms with Crippen molar-refractivity contribution in [1.29, 1.82) is 0 Å². The molecule has 0 radical (unpaired) electrons. The largest absolute Gasteiger partial charge is 1.00 e. The van der Waals surface area contributed by atoms with E-state index in [1.54, 1.807) is 6.07 Å². The maximum absolute atomic E-state index is 11.0. The molecular weight excluding hydrogens is 271 g/mol. The van der Waals surface area contributed by atoms with E-state index in [9.17, 15) is 23.2 Å². The number of hydrogen-bond donors (Lipinski definition) is 2. The van der Waals surface area contributed by atoms with Crippen LogP contribution in [0.5, 0.6) is 11.5 Å². The van der Waals surface area contributed by atoms with Crippen LogP contribution in [-0.4, -0.2) is 23.2 Å². The molecule has 0 aliphatic rings. The zero-order valence-electron chi connectivity index (χ0n) is 8.91. The van der Waals surface area contributed by atoms with Gasteiger partial charge in [0.05, 0.1) is 4.90 Å². The summed E-state index contributed by atoms with van der Waals surface area (Å²) in [5, 5.41) is 19.0. The van der Waals surface area contributed by atoms with E-state index in [2.05, 4.69) is 0 Å². The second kappa shape index (κ2) is 5.23. The minimum Gasteiger partial charge on any atom is -0.744 e. The Morgan fingerprint density at radius 2 is 1.59 bits per heavy atom. The molecule has 0 spiro atoms. The van der Waals surface area contributed by atoms with E-state index >= 15 is 0 Å². The van der Waals surface area contributed by atoms with Gasteiger partial charge in [-0.2, -0.15) is 0 Å². The molecule has 0 saturated heterocycles. The first-order chi connectivity index (χ1) is 7.41. The van der Waals surface area contributed by atoms with Crippen molar-refractivity contribution in [2.45, 2.75) is 4.90 Å². The van der Waals surface area contributed by atoms with Crippen molar-refractivity contribution in [3.8, 4) is 11.5 Å². The number of aromatic hydroxyl groups is 2. The molecule has 2 aromatic rings. The molecule has 0 fully saturated rings. The molecule has 5 nitrogen and oxygen atoms in total. The fourth-order valence-electron chi connectivity index (χ4n) is 1.52. The molecule has 2 aromatic carbocycles. The van der Waals surface area contributed by atoms with E-state index in [1.807, 2.05) is 0 Å². The monoisotopic (exact) mass is 278 g/mol. The van der Waals surface area contributed by atoms with Gasteiger partial charge in [-0.15, -0.1) is 0 Å². The van der Waals surface area contributed by atoms with Gasteiger partial charge in [0, 0.05) is 16.8 Å². The summed E-state index contributed by atoms with van der Waals surface area (Å²) in [6.45, 7) is 0. The molecule has 0 heterocycles. The van der Waals surface area contributed by atoms with E-state index in [0.29, 0.717) is 0 Å². The molecule has 17 heavy (non-hydrogen) atoms.